The minimum absolute atomic E-state index is 0.0839. The summed E-state index contributed by atoms with van der Waals surface area (Å²) in [4.78, 5) is 14.8. The fourth-order valence-corrected chi connectivity index (χ4v) is 4.02. The topological polar surface area (TPSA) is 37.3 Å². The SMILES string of the molecule is O=C(CN1CCn2cccc2C1c1ccc(Cl)c(Cl)c1)NCc1ccc(F)cc1. The largest absolute Gasteiger partial charge is 0.351 e. The Morgan fingerprint density at radius 1 is 1.07 bits per heavy atom. The van der Waals surface area contributed by atoms with Gasteiger partial charge >= 0.3 is 0 Å². The zero-order valence-electron chi connectivity index (χ0n) is 15.6. The number of rotatable bonds is 5. The monoisotopic (exact) mass is 431 g/mol. The van der Waals surface area contributed by atoms with E-state index in [4.69, 9.17) is 23.2 Å². The molecule has 7 heteroatoms. The van der Waals surface area contributed by atoms with Crippen LogP contribution >= 0.6 is 23.2 Å². The molecule has 150 valence electrons. The highest BCUT2D eigenvalue weighted by atomic mass is 35.5. The third-order valence-electron chi connectivity index (χ3n) is 5.15. The predicted octanol–water partition coefficient (Wildman–Crippen LogP) is 4.66. The molecule has 4 rings (SSSR count). The van der Waals surface area contributed by atoms with Crippen molar-refractivity contribution in [3.05, 3.63) is 93.5 Å². The van der Waals surface area contributed by atoms with Gasteiger partial charge in [0, 0.05) is 31.5 Å². The molecule has 0 radical (unpaired) electrons. The Morgan fingerprint density at radius 2 is 1.86 bits per heavy atom. The van der Waals surface area contributed by atoms with Gasteiger partial charge in [-0.2, -0.15) is 0 Å². The van der Waals surface area contributed by atoms with Crippen LogP contribution in [-0.2, 0) is 17.9 Å². The Kier molecular flexibility index (Phi) is 5.90. The van der Waals surface area contributed by atoms with Gasteiger partial charge in [-0.05, 0) is 47.5 Å². The molecule has 0 bridgehead atoms. The van der Waals surface area contributed by atoms with Gasteiger partial charge in [0.2, 0.25) is 5.91 Å². The Bertz CT molecular complexity index is 1020. The highest BCUT2D eigenvalue weighted by molar-refractivity contribution is 6.42. The van der Waals surface area contributed by atoms with Crippen LogP contribution in [0, 0.1) is 5.82 Å². The maximum absolute atomic E-state index is 13.0. The first-order valence-corrected chi connectivity index (χ1v) is 10.1. The molecule has 0 spiro atoms. The fraction of sp³-hybridized carbons (Fsp3) is 0.227. The molecule has 0 saturated heterocycles. The van der Waals surface area contributed by atoms with E-state index in [1.165, 1.54) is 12.1 Å². The van der Waals surface area contributed by atoms with E-state index in [-0.39, 0.29) is 24.3 Å². The lowest BCUT2D eigenvalue weighted by Crippen LogP contribution is -2.44. The first-order chi connectivity index (χ1) is 14.0. The molecule has 2 heterocycles. The summed E-state index contributed by atoms with van der Waals surface area (Å²) in [5, 5.41) is 3.92. The van der Waals surface area contributed by atoms with Crippen molar-refractivity contribution in [2.45, 2.75) is 19.1 Å². The summed E-state index contributed by atoms with van der Waals surface area (Å²) in [6, 6.07) is 15.7. The lowest BCUT2D eigenvalue weighted by Gasteiger charge is -2.37. The number of benzene rings is 2. The van der Waals surface area contributed by atoms with Crippen molar-refractivity contribution in [3.8, 4) is 0 Å². The molecule has 4 nitrogen and oxygen atoms in total. The molecule has 29 heavy (non-hydrogen) atoms. The van der Waals surface area contributed by atoms with Crippen molar-refractivity contribution < 1.29 is 9.18 Å². The van der Waals surface area contributed by atoms with E-state index in [0.29, 0.717) is 16.6 Å². The number of halogens is 3. The molecule has 3 aromatic rings. The van der Waals surface area contributed by atoms with Gasteiger partial charge in [-0.25, -0.2) is 4.39 Å². The van der Waals surface area contributed by atoms with Crippen LogP contribution < -0.4 is 5.32 Å². The number of fused-ring (bicyclic) bond motifs is 1. The minimum Gasteiger partial charge on any atom is -0.351 e. The van der Waals surface area contributed by atoms with E-state index in [0.717, 1.165) is 29.9 Å². The molecule has 1 amide bonds. The number of aromatic nitrogens is 1. The van der Waals surface area contributed by atoms with Gasteiger partial charge in [0.15, 0.2) is 0 Å². The van der Waals surface area contributed by atoms with Gasteiger partial charge < -0.3 is 9.88 Å². The smallest absolute Gasteiger partial charge is 0.234 e. The summed E-state index contributed by atoms with van der Waals surface area (Å²) >= 11 is 12.3. The average molecular weight is 432 g/mol. The fourth-order valence-electron chi connectivity index (χ4n) is 3.71. The summed E-state index contributed by atoms with van der Waals surface area (Å²) in [5.74, 6) is -0.375. The second kappa shape index (κ2) is 8.57. The Labute approximate surface area is 178 Å². The molecule has 0 fully saturated rings. The van der Waals surface area contributed by atoms with E-state index < -0.39 is 0 Å². The van der Waals surface area contributed by atoms with Crippen LogP contribution in [0.4, 0.5) is 4.39 Å². The standard InChI is InChI=1S/C22H20Cl2FN3O/c23-18-8-5-16(12-19(18)24)22-20-2-1-9-27(20)10-11-28(22)14-21(29)26-13-15-3-6-17(25)7-4-15/h1-9,12,22H,10-11,13-14H2,(H,26,29). The number of hydrogen-bond donors (Lipinski definition) is 1. The van der Waals surface area contributed by atoms with Crippen LogP contribution in [0.5, 0.6) is 0 Å². The van der Waals surface area contributed by atoms with Crippen LogP contribution in [0.2, 0.25) is 10.0 Å². The van der Waals surface area contributed by atoms with Crippen LogP contribution in [0.25, 0.3) is 0 Å². The minimum atomic E-state index is -0.291. The zero-order valence-corrected chi connectivity index (χ0v) is 17.1. The van der Waals surface area contributed by atoms with Crippen molar-refractivity contribution in [2.24, 2.45) is 0 Å². The number of carbonyl (C=O) groups excluding carboxylic acids is 1. The third-order valence-corrected chi connectivity index (χ3v) is 5.89. The maximum atomic E-state index is 13.0. The Balaban J connectivity index is 1.51. The first-order valence-electron chi connectivity index (χ1n) is 9.36. The lowest BCUT2D eigenvalue weighted by molar-refractivity contribution is -0.123. The molecule has 1 aliphatic rings. The highest BCUT2D eigenvalue weighted by Gasteiger charge is 2.30. The predicted molar refractivity (Wildman–Crippen MR) is 113 cm³/mol. The summed E-state index contributed by atoms with van der Waals surface area (Å²) < 4.78 is 15.2. The normalized spacial score (nSPS) is 16.4. The van der Waals surface area contributed by atoms with E-state index in [1.807, 2.05) is 24.4 Å². The van der Waals surface area contributed by atoms with Crippen LogP contribution in [0.3, 0.4) is 0 Å². The van der Waals surface area contributed by atoms with Crippen molar-refractivity contribution in [1.82, 2.24) is 14.8 Å². The average Bonchev–Trinajstić information content (AvgIpc) is 3.18. The molecule has 1 aliphatic heterocycles. The van der Waals surface area contributed by atoms with Gasteiger partial charge in [0.1, 0.15) is 5.82 Å². The van der Waals surface area contributed by atoms with Gasteiger partial charge in [-0.1, -0.05) is 41.4 Å². The number of hydrogen-bond acceptors (Lipinski definition) is 2. The van der Waals surface area contributed by atoms with Crippen LogP contribution in [0.15, 0.2) is 60.8 Å². The molecular weight excluding hydrogens is 412 g/mol. The number of nitrogens with one attached hydrogen (secondary N) is 1. The van der Waals surface area contributed by atoms with Crippen molar-refractivity contribution in [3.63, 3.8) is 0 Å². The third kappa shape index (κ3) is 4.47. The van der Waals surface area contributed by atoms with E-state index in [1.54, 1.807) is 18.2 Å². The second-order valence-corrected chi connectivity index (χ2v) is 7.89. The summed E-state index contributed by atoms with van der Waals surface area (Å²) in [5.41, 5.74) is 2.96. The zero-order chi connectivity index (χ0) is 20.4. The van der Waals surface area contributed by atoms with Gasteiger partial charge in [0.05, 0.1) is 22.6 Å². The molecule has 2 aromatic carbocycles. The number of carbonyl (C=O) groups is 1. The van der Waals surface area contributed by atoms with Gasteiger partial charge in [-0.3, -0.25) is 9.69 Å². The Morgan fingerprint density at radius 3 is 2.62 bits per heavy atom. The van der Waals surface area contributed by atoms with E-state index >= 15 is 0 Å². The first kappa shape index (κ1) is 20.0. The molecule has 1 unspecified atom stereocenters. The summed E-state index contributed by atoms with van der Waals surface area (Å²) in [7, 11) is 0. The maximum Gasteiger partial charge on any atom is 0.234 e. The van der Waals surface area contributed by atoms with Crippen molar-refractivity contribution in [2.75, 3.05) is 13.1 Å². The summed E-state index contributed by atoms with van der Waals surface area (Å²) in [6.45, 7) is 2.15. The lowest BCUT2D eigenvalue weighted by atomic mass is 10.00. The second-order valence-electron chi connectivity index (χ2n) is 7.08. The Hall–Kier alpha value is -2.34. The quantitative estimate of drug-likeness (QED) is 0.637. The molecule has 0 saturated carbocycles. The molecule has 1 atom stereocenters. The summed E-state index contributed by atoms with van der Waals surface area (Å²) in [6.07, 6.45) is 2.05. The van der Waals surface area contributed by atoms with Crippen molar-refractivity contribution >= 4 is 29.1 Å². The van der Waals surface area contributed by atoms with E-state index in [2.05, 4.69) is 20.9 Å². The van der Waals surface area contributed by atoms with E-state index in [9.17, 15) is 9.18 Å². The molecular formula is C22H20Cl2FN3O. The molecule has 1 N–H and O–H groups in total. The van der Waals surface area contributed by atoms with Crippen LogP contribution in [0.1, 0.15) is 22.9 Å². The van der Waals surface area contributed by atoms with Gasteiger partial charge in [0.25, 0.3) is 0 Å². The van der Waals surface area contributed by atoms with Crippen LogP contribution in [-0.4, -0.2) is 28.5 Å². The van der Waals surface area contributed by atoms with Crippen molar-refractivity contribution in [1.29, 1.82) is 0 Å². The molecule has 1 aromatic heterocycles. The molecule has 0 aliphatic carbocycles. The van der Waals surface area contributed by atoms with Gasteiger partial charge in [-0.15, -0.1) is 0 Å². The number of nitrogens with zero attached hydrogens (tertiary/aromatic N) is 2. The number of amides is 1. The highest BCUT2D eigenvalue weighted by Crippen LogP contribution is 2.35.